The molecule has 0 saturated carbocycles. The van der Waals surface area contributed by atoms with Crippen molar-refractivity contribution in [1.82, 2.24) is 14.8 Å². The summed E-state index contributed by atoms with van der Waals surface area (Å²) in [6.07, 6.45) is -0.133. The summed E-state index contributed by atoms with van der Waals surface area (Å²) in [5.41, 5.74) is 2.28. The molecule has 1 aromatic heterocycles. The molecule has 7 heteroatoms. The number of hydrogen-bond donors (Lipinski definition) is 1. The first kappa shape index (κ1) is 22.9. The van der Waals surface area contributed by atoms with Gasteiger partial charge in [-0.2, -0.15) is 0 Å². The largest absolute Gasteiger partial charge is 0.486 e. The summed E-state index contributed by atoms with van der Waals surface area (Å²) in [4.78, 5) is 26.8. The van der Waals surface area contributed by atoms with Crippen molar-refractivity contribution in [2.75, 3.05) is 26.7 Å². The van der Waals surface area contributed by atoms with Crippen molar-refractivity contribution in [3.63, 3.8) is 0 Å². The maximum absolute atomic E-state index is 12.9. The molecule has 0 radical (unpaired) electrons. The van der Waals surface area contributed by atoms with Crippen LogP contribution >= 0.6 is 0 Å². The Bertz CT molecular complexity index is 958. The van der Waals surface area contributed by atoms with Crippen molar-refractivity contribution in [1.29, 1.82) is 0 Å². The molecule has 1 amide bonds. The maximum Gasteiger partial charge on any atom is 0.234 e. The molecule has 0 unspecified atom stereocenters. The lowest BCUT2D eigenvalue weighted by atomic mass is 10.1. The molecule has 0 aliphatic carbocycles. The maximum atomic E-state index is 12.9. The number of ketones is 1. The Morgan fingerprint density at radius 3 is 2.52 bits per heavy atom. The zero-order valence-corrected chi connectivity index (χ0v) is 19.3. The third-order valence-electron chi connectivity index (χ3n) is 5.17. The van der Waals surface area contributed by atoms with Crippen LogP contribution in [0, 0.1) is 13.8 Å². The summed E-state index contributed by atoms with van der Waals surface area (Å²) in [5.74, 6) is 1.40. The average Bonchev–Trinajstić information content (AvgIpc) is 2.94. The Labute approximate surface area is 184 Å². The van der Waals surface area contributed by atoms with Crippen molar-refractivity contribution in [2.45, 2.75) is 52.8 Å². The first-order chi connectivity index (χ1) is 14.5. The third-order valence-corrected chi connectivity index (χ3v) is 5.17. The number of rotatable bonds is 7. The van der Waals surface area contributed by atoms with Crippen molar-refractivity contribution in [2.24, 2.45) is 0 Å². The van der Waals surface area contributed by atoms with Crippen molar-refractivity contribution >= 4 is 11.7 Å². The normalized spacial score (nSPS) is 15.8. The van der Waals surface area contributed by atoms with Gasteiger partial charge in [0.1, 0.15) is 6.61 Å². The van der Waals surface area contributed by atoms with Crippen molar-refractivity contribution in [3.8, 4) is 11.5 Å². The van der Waals surface area contributed by atoms with Gasteiger partial charge in [-0.15, -0.1) is 0 Å². The highest BCUT2D eigenvalue weighted by Gasteiger charge is 2.24. The summed E-state index contributed by atoms with van der Waals surface area (Å²) in [7, 11) is 1.78. The van der Waals surface area contributed by atoms with E-state index >= 15 is 0 Å². The van der Waals surface area contributed by atoms with Gasteiger partial charge >= 0.3 is 0 Å². The molecule has 0 bridgehead atoms. The molecule has 1 aliphatic rings. The Balaban J connectivity index is 1.63. The van der Waals surface area contributed by atoms with E-state index in [1.54, 1.807) is 11.9 Å². The number of carbonyl (C=O) groups excluding carboxylic acids is 2. The summed E-state index contributed by atoms with van der Waals surface area (Å²) in [6.45, 7) is 11.2. The van der Waals surface area contributed by atoms with Gasteiger partial charge in [0.25, 0.3) is 0 Å². The second-order valence-electron chi connectivity index (χ2n) is 9.29. The number of para-hydroxylation sites is 2. The number of likely N-dealkylation sites (N-methyl/N-ethyl adjacent to an activating group) is 1. The summed E-state index contributed by atoms with van der Waals surface area (Å²) in [6, 6.07) is 9.55. The van der Waals surface area contributed by atoms with Crippen LogP contribution in [-0.4, -0.2) is 59.5 Å². The van der Waals surface area contributed by atoms with Crippen LogP contribution in [0.25, 0.3) is 0 Å². The SMILES string of the molecule is Cc1cc(C(=O)CN(C)CC(=O)NC(C)(C)C)c(C)n1C[C@H]1COc2ccccc2O1. The molecule has 1 N–H and O–H groups in total. The molecular formula is C24H33N3O4. The number of ether oxygens (including phenoxy) is 2. The van der Waals surface area contributed by atoms with Crippen LogP contribution < -0.4 is 14.8 Å². The molecule has 31 heavy (non-hydrogen) atoms. The molecule has 2 aromatic rings. The first-order valence-corrected chi connectivity index (χ1v) is 10.6. The Morgan fingerprint density at radius 2 is 1.84 bits per heavy atom. The topological polar surface area (TPSA) is 72.8 Å². The number of hydrogen-bond acceptors (Lipinski definition) is 5. The lowest BCUT2D eigenvalue weighted by molar-refractivity contribution is -0.123. The molecule has 168 valence electrons. The van der Waals surface area contributed by atoms with E-state index in [9.17, 15) is 9.59 Å². The lowest BCUT2D eigenvalue weighted by Crippen LogP contribution is -2.45. The zero-order chi connectivity index (χ0) is 22.8. The van der Waals surface area contributed by atoms with Crippen LogP contribution in [0.15, 0.2) is 30.3 Å². The Morgan fingerprint density at radius 1 is 1.16 bits per heavy atom. The van der Waals surface area contributed by atoms with Crippen molar-refractivity contribution < 1.29 is 19.1 Å². The predicted octanol–water partition coefficient (Wildman–Crippen LogP) is 2.97. The molecule has 2 heterocycles. The van der Waals surface area contributed by atoms with E-state index in [-0.39, 0.29) is 36.4 Å². The highest BCUT2D eigenvalue weighted by Crippen LogP contribution is 2.31. The van der Waals surface area contributed by atoms with Gasteiger partial charge in [-0.05, 0) is 59.9 Å². The molecule has 1 aliphatic heterocycles. The number of aromatic nitrogens is 1. The minimum absolute atomic E-state index is 0.00318. The van der Waals surface area contributed by atoms with E-state index in [0.717, 1.165) is 22.9 Å². The number of benzene rings is 1. The Hall–Kier alpha value is -2.80. The summed E-state index contributed by atoms with van der Waals surface area (Å²) < 4.78 is 14.0. The predicted molar refractivity (Wildman–Crippen MR) is 120 cm³/mol. The lowest BCUT2D eigenvalue weighted by Gasteiger charge is -2.27. The summed E-state index contributed by atoms with van der Waals surface area (Å²) in [5, 5.41) is 2.92. The fourth-order valence-corrected chi connectivity index (χ4v) is 3.81. The molecule has 0 spiro atoms. The molecule has 3 rings (SSSR count). The van der Waals surface area contributed by atoms with E-state index in [0.29, 0.717) is 18.7 Å². The number of Topliss-reactive ketones (excluding diaryl/α,β-unsaturated/α-hetero) is 1. The fraction of sp³-hybridized carbons (Fsp3) is 0.500. The van der Waals surface area contributed by atoms with Gasteiger partial charge in [-0.1, -0.05) is 12.1 Å². The number of aryl methyl sites for hydroxylation is 1. The molecule has 0 saturated heterocycles. The zero-order valence-electron chi connectivity index (χ0n) is 19.3. The first-order valence-electron chi connectivity index (χ1n) is 10.6. The molecule has 0 fully saturated rings. The van der Waals surface area contributed by atoms with E-state index in [1.165, 1.54) is 0 Å². The van der Waals surface area contributed by atoms with Gasteiger partial charge in [0, 0.05) is 22.5 Å². The van der Waals surface area contributed by atoms with E-state index in [1.807, 2.05) is 65.0 Å². The minimum Gasteiger partial charge on any atom is -0.486 e. The molecular weight excluding hydrogens is 394 g/mol. The van der Waals surface area contributed by atoms with Gasteiger partial charge in [0.05, 0.1) is 19.6 Å². The number of fused-ring (bicyclic) bond motifs is 1. The second kappa shape index (κ2) is 9.14. The fourth-order valence-electron chi connectivity index (χ4n) is 3.81. The van der Waals surface area contributed by atoms with Gasteiger partial charge < -0.3 is 19.4 Å². The van der Waals surface area contributed by atoms with Gasteiger partial charge in [0.2, 0.25) is 5.91 Å². The Kier molecular flexibility index (Phi) is 6.74. The average molecular weight is 428 g/mol. The van der Waals surface area contributed by atoms with E-state index in [2.05, 4.69) is 9.88 Å². The van der Waals surface area contributed by atoms with Gasteiger partial charge in [-0.25, -0.2) is 0 Å². The van der Waals surface area contributed by atoms with E-state index < -0.39 is 0 Å². The van der Waals surface area contributed by atoms with Gasteiger partial charge in [-0.3, -0.25) is 14.5 Å². The third kappa shape index (κ3) is 5.88. The van der Waals surface area contributed by atoms with Gasteiger partial charge in [0.15, 0.2) is 23.4 Å². The minimum atomic E-state index is -0.293. The quantitative estimate of drug-likeness (QED) is 0.688. The highest BCUT2D eigenvalue weighted by molar-refractivity contribution is 5.99. The van der Waals surface area contributed by atoms with E-state index in [4.69, 9.17) is 9.47 Å². The number of carbonyl (C=O) groups is 2. The number of nitrogens with one attached hydrogen (secondary N) is 1. The highest BCUT2D eigenvalue weighted by atomic mass is 16.6. The number of amides is 1. The van der Waals surface area contributed by atoms with Crippen LogP contribution in [0.2, 0.25) is 0 Å². The van der Waals surface area contributed by atoms with Crippen LogP contribution in [0.1, 0.15) is 42.5 Å². The molecule has 1 aromatic carbocycles. The van der Waals surface area contributed by atoms with Crippen LogP contribution in [0.3, 0.4) is 0 Å². The molecule has 1 atom stereocenters. The van der Waals surface area contributed by atoms with Crippen LogP contribution in [0.4, 0.5) is 0 Å². The molecule has 7 nitrogen and oxygen atoms in total. The number of nitrogens with zero attached hydrogens (tertiary/aromatic N) is 2. The summed E-state index contributed by atoms with van der Waals surface area (Å²) >= 11 is 0. The monoisotopic (exact) mass is 427 g/mol. The second-order valence-corrected chi connectivity index (χ2v) is 9.29. The smallest absolute Gasteiger partial charge is 0.234 e. The van der Waals surface area contributed by atoms with Crippen molar-refractivity contribution in [3.05, 3.63) is 47.3 Å². The van der Waals surface area contributed by atoms with Crippen LogP contribution in [-0.2, 0) is 11.3 Å². The standard InChI is InChI=1S/C24H33N3O4/c1-16-11-19(20(28)13-26(6)14-23(29)25-24(3,4)5)17(2)27(16)12-18-15-30-21-9-7-8-10-22(21)31-18/h7-11,18H,12-15H2,1-6H3,(H,25,29)/t18-/m0/s1. The van der Waals surface area contributed by atoms with Crippen LogP contribution in [0.5, 0.6) is 11.5 Å².